The van der Waals surface area contributed by atoms with Gasteiger partial charge in [0.25, 0.3) is 0 Å². The highest BCUT2D eigenvalue weighted by Gasteiger charge is 2.16. The van der Waals surface area contributed by atoms with Crippen LogP contribution < -0.4 is 0 Å². The summed E-state index contributed by atoms with van der Waals surface area (Å²) in [6.07, 6.45) is -2.03. The van der Waals surface area contributed by atoms with E-state index in [1.807, 2.05) is 0 Å². The molecule has 0 saturated carbocycles. The van der Waals surface area contributed by atoms with E-state index < -0.39 is 18.4 Å². The first-order chi connectivity index (χ1) is 16.6. The smallest absolute Gasteiger partial charge is 0.432 e. The van der Waals surface area contributed by atoms with Crippen molar-refractivity contribution in [2.45, 2.75) is 13.2 Å². The summed E-state index contributed by atoms with van der Waals surface area (Å²) in [6.45, 7) is 6.38. The second-order valence-electron chi connectivity index (χ2n) is 6.61. The molecule has 0 heterocycles. The van der Waals surface area contributed by atoms with E-state index in [4.69, 9.17) is 42.6 Å². The Bertz CT molecular complexity index is 627. The topological polar surface area (TPSA) is 117 Å². The number of hydrogen-bond donors (Lipinski definition) is 0. The van der Waals surface area contributed by atoms with Crippen LogP contribution in [0.5, 0.6) is 0 Å². The van der Waals surface area contributed by atoms with Gasteiger partial charge in [-0.1, -0.05) is 18.2 Å². The summed E-state index contributed by atoms with van der Waals surface area (Å²) in [4.78, 5) is 23.5. The molecular weight excluding hydrogens is 452 g/mol. The molecule has 0 aliphatic rings. The number of carbonyl (C=O) groups excluding carboxylic acids is 2. The van der Waals surface area contributed by atoms with Crippen molar-refractivity contribution >= 4 is 12.1 Å². The monoisotopic (exact) mass is 488 g/mol. The number of rotatable bonds is 21. The van der Waals surface area contributed by atoms with Crippen LogP contribution in [-0.2, 0) is 42.6 Å². The maximum atomic E-state index is 11.9. The Morgan fingerprint density at radius 1 is 0.647 bits per heavy atom. The molecule has 194 valence electrons. The number of carbonyl (C=O) groups is 2. The Labute approximate surface area is 200 Å². The normalized spacial score (nSPS) is 11.7. The second-order valence-corrected chi connectivity index (χ2v) is 6.61. The number of esters is 1. The summed E-state index contributed by atoms with van der Waals surface area (Å²) in [7, 11) is 1.63. The van der Waals surface area contributed by atoms with Crippen molar-refractivity contribution in [3.8, 4) is 0 Å². The molecule has 0 bridgehead atoms. The molecule has 1 atom stereocenters. The first kappa shape index (κ1) is 29.8. The molecule has 34 heavy (non-hydrogen) atoms. The van der Waals surface area contributed by atoms with Gasteiger partial charge in [-0.15, -0.1) is 0 Å². The summed E-state index contributed by atoms with van der Waals surface area (Å²) in [5.74, 6) is -0.595. The fourth-order valence-electron chi connectivity index (χ4n) is 2.29. The van der Waals surface area contributed by atoms with Crippen LogP contribution in [0.3, 0.4) is 0 Å². The summed E-state index contributed by atoms with van der Waals surface area (Å²) < 4.78 is 46.3. The van der Waals surface area contributed by atoms with E-state index in [-0.39, 0.29) is 13.2 Å². The van der Waals surface area contributed by atoms with E-state index in [9.17, 15) is 9.59 Å². The van der Waals surface area contributed by atoms with E-state index in [1.165, 1.54) is 6.92 Å². The van der Waals surface area contributed by atoms with Gasteiger partial charge in [-0.3, -0.25) is 0 Å². The van der Waals surface area contributed by atoms with Gasteiger partial charge in [-0.25, -0.2) is 9.59 Å². The van der Waals surface area contributed by atoms with Crippen molar-refractivity contribution in [2.24, 2.45) is 0 Å². The van der Waals surface area contributed by atoms with Crippen molar-refractivity contribution in [3.05, 3.63) is 35.9 Å². The summed E-state index contributed by atoms with van der Waals surface area (Å²) in [5, 5.41) is 0. The van der Waals surface area contributed by atoms with Gasteiger partial charge in [0, 0.05) is 14.0 Å². The van der Waals surface area contributed by atoms with Crippen LogP contribution in [0.1, 0.15) is 17.3 Å². The fraction of sp³-hybridized carbons (Fsp3) is 0.652. The molecule has 0 fully saturated rings. The quantitative estimate of drug-likeness (QED) is 0.144. The van der Waals surface area contributed by atoms with Crippen LogP contribution in [0.15, 0.2) is 30.3 Å². The van der Waals surface area contributed by atoms with Crippen molar-refractivity contribution in [2.75, 3.05) is 86.4 Å². The third kappa shape index (κ3) is 17.2. The van der Waals surface area contributed by atoms with Gasteiger partial charge in [0.15, 0.2) is 0 Å². The van der Waals surface area contributed by atoms with Gasteiger partial charge in [0.1, 0.15) is 6.61 Å². The molecule has 0 aromatic heterocycles. The highest BCUT2D eigenvalue weighted by atomic mass is 16.8. The van der Waals surface area contributed by atoms with Crippen LogP contribution in [0, 0.1) is 0 Å². The van der Waals surface area contributed by atoms with Crippen molar-refractivity contribution in [1.82, 2.24) is 0 Å². The zero-order valence-corrected chi connectivity index (χ0v) is 19.9. The molecule has 1 rings (SSSR count). The highest BCUT2D eigenvalue weighted by Crippen LogP contribution is 2.05. The van der Waals surface area contributed by atoms with Crippen molar-refractivity contribution < 1.29 is 52.2 Å². The van der Waals surface area contributed by atoms with Crippen molar-refractivity contribution in [1.29, 1.82) is 0 Å². The minimum atomic E-state index is -1.08. The highest BCUT2D eigenvalue weighted by molar-refractivity contribution is 5.89. The molecule has 0 aliphatic carbocycles. The van der Waals surface area contributed by atoms with E-state index in [2.05, 4.69) is 0 Å². The molecule has 0 radical (unpaired) electrons. The molecule has 11 nitrogen and oxygen atoms in total. The summed E-state index contributed by atoms with van der Waals surface area (Å²) in [5.41, 5.74) is 0.359. The van der Waals surface area contributed by atoms with Gasteiger partial charge in [-0.05, 0) is 12.1 Å². The molecule has 11 heteroatoms. The minimum absolute atomic E-state index is 0.00127. The Balaban J connectivity index is 1.83. The zero-order valence-electron chi connectivity index (χ0n) is 19.9. The third-order valence-electron chi connectivity index (χ3n) is 3.91. The zero-order chi connectivity index (χ0) is 24.7. The Kier molecular flexibility index (Phi) is 18.6. The molecule has 0 N–H and O–H groups in total. The van der Waals surface area contributed by atoms with Crippen LogP contribution >= 0.6 is 0 Å². The first-order valence-corrected chi connectivity index (χ1v) is 11.1. The summed E-state index contributed by atoms with van der Waals surface area (Å²) >= 11 is 0. The lowest BCUT2D eigenvalue weighted by molar-refractivity contribution is -0.0853. The lowest BCUT2D eigenvalue weighted by Crippen LogP contribution is -2.23. The average Bonchev–Trinajstić information content (AvgIpc) is 2.83. The molecular formula is C23H36O11. The van der Waals surface area contributed by atoms with Crippen LogP contribution in [0.2, 0.25) is 0 Å². The third-order valence-corrected chi connectivity index (χ3v) is 3.91. The maximum Gasteiger partial charge on any atom is 0.511 e. The van der Waals surface area contributed by atoms with Gasteiger partial charge in [0.05, 0.1) is 78.2 Å². The molecule has 1 aromatic rings. The number of methoxy groups -OCH3 is 1. The van der Waals surface area contributed by atoms with E-state index in [0.717, 1.165) is 0 Å². The Morgan fingerprint density at radius 3 is 1.56 bits per heavy atom. The van der Waals surface area contributed by atoms with E-state index in [0.29, 0.717) is 71.6 Å². The van der Waals surface area contributed by atoms with Crippen LogP contribution in [0.4, 0.5) is 4.79 Å². The van der Waals surface area contributed by atoms with Gasteiger partial charge >= 0.3 is 12.1 Å². The average molecular weight is 489 g/mol. The SMILES string of the molecule is COCCOCCOCCOCCOCCOCCOC(=O)OC(C)OC(=O)c1ccccc1. The number of hydrogen-bond acceptors (Lipinski definition) is 11. The molecule has 0 saturated heterocycles. The standard InChI is InChI=1S/C23H36O11/c1-20(33-22(24)21-6-4-3-5-7-21)34-23(25)32-19-18-31-17-16-30-15-14-29-13-12-28-11-10-27-9-8-26-2/h3-7,20H,8-19H2,1-2H3. The first-order valence-electron chi connectivity index (χ1n) is 11.1. The van der Waals surface area contributed by atoms with Gasteiger partial charge < -0.3 is 42.6 Å². The molecule has 0 spiro atoms. The van der Waals surface area contributed by atoms with Gasteiger partial charge in [0.2, 0.25) is 6.29 Å². The van der Waals surface area contributed by atoms with Crippen molar-refractivity contribution in [3.63, 3.8) is 0 Å². The predicted octanol–water partition coefficient (Wildman–Crippen LogP) is 2.07. The molecule has 0 amide bonds. The Hall–Kier alpha value is -2.28. The van der Waals surface area contributed by atoms with Gasteiger partial charge in [-0.2, -0.15) is 0 Å². The lowest BCUT2D eigenvalue weighted by atomic mass is 10.2. The lowest BCUT2D eigenvalue weighted by Gasteiger charge is -2.14. The molecule has 1 aromatic carbocycles. The van der Waals surface area contributed by atoms with Crippen LogP contribution in [-0.4, -0.2) is 105 Å². The minimum Gasteiger partial charge on any atom is -0.432 e. The summed E-state index contributed by atoms with van der Waals surface area (Å²) in [6, 6.07) is 8.39. The number of benzene rings is 1. The Morgan fingerprint density at radius 2 is 1.09 bits per heavy atom. The molecule has 0 aliphatic heterocycles. The van der Waals surface area contributed by atoms with Crippen LogP contribution in [0.25, 0.3) is 0 Å². The predicted molar refractivity (Wildman–Crippen MR) is 120 cm³/mol. The van der Waals surface area contributed by atoms with E-state index >= 15 is 0 Å². The largest absolute Gasteiger partial charge is 0.511 e. The second kappa shape index (κ2) is 21.3. The fourth-order valence-corrected chi connectivity index (χ4v) is 2.29. The number of ether oxygens (including phenoxy) is 9. The van der Waals surface area contributed by atoms with E-state index in [1.54, 1.807) is 37.4 Å². The maximum absolute atomic E-state index is 11.9. The molecule has 1 unspecified atom stereocenters.